The molecule has 6 nitrogen and oxygen atoms in total. The van der Waals surface area contributed by atoms with Gasteiger partial charge < -0.3 is 9.80 Å². The van der Waals surface area contributed by atoms with Crippen LogP contribution < -0.4 is 9.80 Å². The van der Waals surface area contributed by atoms with Gasteiger partial charge in [0, 0.05) is 32.6 Å². The molecule has 3 aromatic rings. The topological polar surface area (TPSA) is 58.0 Å². The standard InChI is InChI=1S/C16H18N6S/c1-2-14-19-15(13-4-10-23-16(13)20-14)22-8-6-21(7-9-22)12-3-5-17-18-11-12/h3-5,10-11H,2,6-9H2,1H3. The Morgan fingerprint density at radius 2 is 1.87 bits per heavy atom. The average Bonchev–Trinajstić information content (AvgIpc) is 3.10. The summed E-state index contributed by atoms with van der Waals surface area (Å²) in [5.41, 5.74) is 1.14. The van der Waals surface area contributed by atoms with Crippen molar-refractivity contribution in [1.29, 1.82) is 0 Å². The van der Waals surface area contributed by atoms with Gasteiger partial charge in [0.05, 0.1) is 23.5 Å². The fraction of sp³-hybridized carbons (Fsp3) is 0.375. The Morgan fingerprint density at radius 1 is 1.04 bits per heavy atom. The molecule has 0 aliphatic carbocycles. The third kappa shape index (κ3) is 2.72. The molecule has 0 saturated carbocycles. The van der Waals surface area contributed by atoms with Crippen molar-refractivity contribution in [3.05, 3.63) is 35.7 Å². The van der Waals surface area contributed by atoms with E-state index in [-0.39, 0.29) is 0 Å². The summed E-state index contributed by atoms with van der Waals surface area (Å²) in [7, 11) is 0. The van der Waals surface area contributed by atoms with Gasteiger partial charge in [-0.25, -0.2) is 9.97 Å². The molecule has 0 aromatic carbocycles. The van der Waals surface area contributed by atoms with E-state index in [1.54, 1.807) is 17.5 Å². The third-order valence-electron chi connectivity index (χ3n) is 4.18. The lowest BCUT2D eigenvalue weighted by atomic mass is 10.2. The monoisotopic (exact) mass is 326 g/mol. The van der Waals surface area contributed by atoms with Crippen LogP contribution in [0.2, 0.25) is 0 Å². The summed E-state index contributed by atoms with van der Waals surface area (Å²) in [5, 5.41) is 11.1. The SMILES string of the molecule is CCc1nc(N2CCN(c3ccnnc3)CC2)c2ccsc2n1. The van der Waals surface area contributed by atoms with Crippen LogP contribution in [0.15, 0.2) is 29.9 Å². The van der Waals surface area contributed by atoms with E-state index in [4.69, 9.17) is 4.98 Å². The summed E-state index contributed by atoms with van der Waals surface area (Å²) in [6, 6.07) is 4.15. The van der Waals surface area contributed by atoms with Crippen molar-refractivity contribution in [2.45, 2.75) is 13.3 Å². The van der Waals surface area contributed by atoms with Gasteiger partial charge in [-0.1, -0.05) is 6.92 Å². The van der Waals surface area contributed by atoms with Crippen LogP contribution in [0.5, 0.6) is 0 Å². The van der Waals surface area contributed by atoms with E-state index in [0.29, 0.717) is 0 Å². The van der Waals surface area contributed by atoms with Gasteiger partial charge in [-0.3, -0.25) is 0 Å². The Kier molecular flexibility index (Phi) is 3.78. The Labute approximate surface area is 138 Å². The first-order chi connectivity index (χ1) is 11.3. The quantitative estimate of drug-likeness (QED) is 0.736. The highest BCUT2D eigenvalue weighted by Crippen LogP contribution is 2.29. The molecule has 0 atom stereocenters. The Morgan fingerprint density at radius 3 is 2.61 bits per heavy atom. The lowest BCUT2D eigenvalue weighted by molar-refractivity contribution is 0.645. The van der Waals surface area contributed by atoms with Gasteiger partial charge in [0.1, 0.15) is 16.5 Å². The molecular weight excluding hydrogens is 308 g/mol. The molecule has 4 rings (SSSR count). The number of piperazine rings is 1. The van der Waals surface area contributed by atoms with Gasteiger partial charge in [-0.2, -0.15) is 10.2 Å². The molecule has 118 valence electrons. The molecule has 4 heterocycles. The van der Waals surface area contributed by atoms with Gasteiger partial charge in [-0.15, -0.1) is 11.3 Å². The van der Waals surface area contributed by atoms with Crippen LogP contribution in [0, 0.1) is 0 Å². The van der Waals surface area contributed by atoms with Crippen LogP contribution in [0.1, 0.15) is 12.7 Å². The first-order valence-electron chi connectivity index (χ1n) is 7.86. The maximum absolute atomic E-state index is 4.79. The zero-order valence-corrected chi connectivity index (χ0v) is 13.8. The molecule has 23 heavy (non-hydrogen) atoms. The van der Waals surface area contributed by atoms with Crippen LogP contribution in [-0.4, -0.2) is 46.3 Å². The van der Waals surface area contributed by atoms with Crippen LogP contribution in [0.25, 0.3) is 10.2 Å². The van der Waals surface area contributed by atoms with Gasteiger partial charge in [0.15, 0.2) is 0 Å². The zero-order chi connectivity index (χ0) is 15.6. The van der Waals surface area contributed by atoms with Crippen molar-refractivity contribution >= 4 is 33.1 Å². The molecule has 1 saturated heterocycles. The van der Waals surface area contributed by atoms with Crippen molar-refractivity contribution in [3.63, 3.8) is 0 Å². The summed E-state index contributed by atoms with van der Waals surface area (Å²) >= 11 is 1.69. The highest BCUT2D eigenvalue weighted by Gasteiger charge is 2.21. The highest BCUT2D eigenvalue weighted by molar-refractivity contribution is 7.16. The molecule has 0 bridgehead atoms. The number of fused-ring (bicyclic) bond motifs is 1. The predicted octanol–water partition coefficient (Wildman–Crippen LogP) is 2.37. The van der Waals surface area contributed by atoms with Gasteiger partial charge in [0.25, 0.3) is 0 Å². The van der Waals surface area contributed by atoms with Gasteiger partial charge in [0.2, 0.25) is 0 Å². The number of hydrogen-bond acceptors (Lipinski definition) is 7. The third-order valence-corrected chi connectivity index (χ3v) is 4.99. The van der Waals surface area contributed by atoms with E-state index < -0.39 is 0 Å². The molecule has 1 aliphatic heterocycles. The number of anilines is 2. The lowest BCUT2D eigenvalue weighted by Crippen LogP contribution is -2.47. The van der Waals surface area contributed by atoms with Crippen molar-refractivity contribution in [2.24, 2.45) is 0 Å². The summed E-state index contributed by atoms with van der Waals surface area (Å²) < 4.78 is 0. The first-order valence-corrected chi connectivity index (χ1v) is 8.74. The van der Waals surface area contributed by atoms with Crippen LogP contribution in [0.3, 0.4) is 0 Å². The maximum atomic E-state index is 4.79. The number of thiophene rings is 1. The second-order valence-electron chi connectivity index (χ2n) is 5.53. The molecule has 0 unspecified atom stereocenters. The number of nitrogens with zero attached hydrogens (tertiary/aromatic N) is 6. The van der Waals surface area contributed by atoms with E-state index >= 15 is 0 Å². The molecule has 3 aromatic heterocycles. The molecule has 0 N–H and O–H groups in total. The van der Waals surface area contributed by atoms with Gasteiger partial charge >= 0.3 is 0 Å². The number of rotatable bonds is 3. The van der Waals surface area contributed by atoms with E-state index in [0.717, 1.165) is 54.8 Å². The normalized spacial score (nSPS) is 15.3. The van der Waals surface area contributed by atoms with E-state index in [2.05, 4.69) is 43.4 Å². The van der Waals surface area contributed by atoms with Crippen molar-refractivity contribution in [1.82, 2.24) is 20.2 Å². The average molecular weight is 326 g/mol. The summed E-state index contributed by atoms with van der Waals surface area (Å²) in [5.74, 6) is 2.01. The zero-order valence-electron chi connectivity index (χ0n) is 13.0. The second-order valence-corrected chi connectivity index (χ2v) is 6.43. The predicted molar refractivity (Wildman–Crippen MR) is 93.3 cm³/mol. The maximum Gasteiger partial charge on any atom is 0.141 e. The Bertz CT molecular complexity index is 795. The smallest absolute Gasteiger partial charge is 0.141 e. The van der Waals surface area contributed by atoms with E-state index in [1.165, 1.54) is 5.39 Å². The van der Waals surface area contributed by atoms with Crippen molar-refractivity contribution < 1.29 is 0 Å². The lowest BCUT2D eigenvalue weighted by Gasteiger charge is -2.36. The Balaban J connectivity index is 1.58. The molecule has 0 radical (unpaired) electrons. The number of hydrogen-bond donors (Lipinski definition) is 0. The van der Waals surface area contributed by atoms with Crippen molar-refractivity contribution in [3.8, 4) is 0 Å². The van der Waals surface area contributed by atoms with Crippen LogP contribution >= 0.6 is 11.3 Å². The second kappa shape index (κ2) is 6.08. The van der Waals surface area contributed by atoms with Crippen LogP contribution in [0.4, 0.5) is 11.5 Å². The fourth-order valence-electron chi connectivity index (χ4n) is 2.93. The molecule has 0 spiro atoms. The Hall–Kier alpha value is -2.28. The summed E-state index contributed by atoms with van der Waals surface area (Å²) in [6.07, 6.45) is 4.44. The van der Waals surface area contributed by atoms with E-state index in [9.17, 15) is 0 Å². The molecule has 1 fully saturated rings. The summed E-state index contributed by atoms with van der Waals surface area (Å²) in [4.78, 5) is 15.2. The van der Waals surface area contributed by atoms with Gasteiger partial charge in [-0.05, 0) is 17.5 Å². The molecular formula is C16H18N6S. The molecule has 1 aliphatic rings. The van der Waals surface area contributed by atoms with Crippen LogP contribution in [-0.2, 0) is 6.42 Å². The first kappa shape index (κ1) is 14.3. The largest absolute Gasteiger partial charge is 0.367 e. The fourth-order valence-corrected chi connectivity index (χ4v) is 3.71. The molecule has 0 amide bonds. The van der Waals surface area contributed by atoms with Crippen molar-refractivity contribution in [2.75, 3.05) is 36.0 Å². The minimum absolute atomic E-state index is 0.865. The minimum Gasteiger partial charge on any atom is -0.367 e. The summed E-state index contributed by atoms with van der Waals surface area (Å²) in [6.45, 7) is 5.93. The minimum atomic E-state index is 0.865. The number of aryl methyl sites for hydroxylation is 1. The molecule has 7 heteroatoms. The number of aromatic nitrogens is 4. The van der Waals surface area contributed by atoms with E-state index in [1.807, 2.05) is 12.3 Å². The highest BCUT2D eigenvalue weighted by atomic mass is 32.1.